The van der Waals surface area contributed by atoms with Crippen LogP contribution in [0.4, 0.5) is 11.4 Å². The number of hydrogen-bond donors (Lipinski definition) is 2. The summed E-state index contributed by atoms with van der Waals surface area (Å²) < 4.78 is 0. The lowest BCUT2D eigenvalue weighted by molar-refractivity contribution is 0.102. The van der Waals surface area contributed by atoms with E-state index in [0.717, 1.165) is 11.4 Å². The van der Waals surface area contributed by atoms with Crippen LogP contribution in [-0.2, 0) is 0 Å². The van der Waals surface area contributed by atoms with Crippen LogP contribution in [0.25, 0.3) is 0 Å². The van der Waals surface area contributed by atoms with E-state index in [-0.39, 0.29) is 5.91 Å². The Morgan fingerprint density at radius 2 is 1.95 bits per heavy atom. The van der Waals surface area contributed by atoms with E-state index in [0.29, 0.717) is 22.6 Å². The van der Waals surface area contributed by atoms with Crippen LogP contribution in [0, 0.1) is 20.8 Å². The number of carbonyl (C=O) groups excluding carboxylic acids is 1. The van der Waals surface area contributed by atoms with Crippen LogP contribution >= 0.6 is 0 Å². The number of carbonyl (C=O) groups is 1. The van der Waals surface area contributed by atoms with Gasteiger partial charge in [0, 0.05) is 5.69 Å². The molecule has 0 unspecified atom stereocenters. The van der Waals surface area contributed by atoms with Gasteiger partial charge in [-0.25, -0.2) is 0 Å². The highest BCUT2D eigenvalue weighted by Gasteiger charge is 2.12. The predicted molar refractivity (Wildman–Crippen MR) is 75.1 cm³/mol. The average Bonchev–Trinajstić information content (AvgIpc) is 2.35. The van der Waals surface area contributed by atoms with Crippen molar-refractivity contribution < 1.29 is 4.79 Å². The quantitative estimate of drug-likeness (QED) is 0.863. The average molecular weight is 256 g/mol. The fourth-order valence-electron chi connectivity index (χ4n) is 1.79. The van der Waals surface area contributed by atoms with Crippen LogP contribution in [0.3, 0.4) is 0 Å². The summed E-state index contributed by atoms with van der Waals surface area (Å²) >= 11 is 0. The van der Waals surface area contributed by atoms with Crippen molar-refractivity contribution in [3.63, 3.8) is 0 Å². The molecule has 2 aromatic heterocycles. The normalized spacial score (nSPS) is 10.3. The van der Waals surface area contributed by atoms with Crippen molar-refractivity contribution in [2.75, 3.05) is 11.1 Å². The first-order chi connectivity index (χ1) is 8.97. The first-order valence-corrected chi connectivity index (χ1v) is 5.95. The number of nitrogen functional groups attached to an aromatic ring is 1. The fourth-order valence-corrected chi connectivity index (χ4v) is 1.79. The maximum atomic E-state index is 12.2. The van der Waals surface area contributed by atoms with Gasteiger partial charge < -0.3 is 11.1 Å². The van der Waals surface area contributed by atoms with Crippen molar-refractivity contribution in [3.8, 4) is 0 Å². The first-order valence-electron chi connectivity index (χ1n) is 5.95. The monoisotopic (exact) mass is 256 g/mol. The Morgan fingerprint density at radius 1 is 1.21 bits per heavy atom. The molecular weight excluding hydrogens is 240 g/mol. The van der Waals surface area contributed by atoms with Crippen molar-refractivity contribution in [1.29, 1.82) is 0 Å². The minimum atomic E-state index is -0.231. The number of nitrogens with zero attached hydrogens (tertiary/aromatic N) is 2. The maximum Gasteiger partial charge on any atom is 0.257 e. The number of anilines is 2. The van der Waals surface area contributed by atoms with E-state index < -0.39 is 0 Å². The molecule has 0 aliphatic carbocycles. The van der Waals surface area contributed by atoms with E-state index in [1.54, 1.807) is 13.0 Å². The van der Waals surface area contributed by atoms with Crippen LogP contribution in [-0.4, -0.2) is 15.9 Å². The highest BCUT2D eigenvalue weighted by Crippen LogP contribution is 2.16. The molecule has 0 saturated heterocycles. The molecule has 19 heavy (non-hydrogen) atoms. The molecule has 1 amide bonds. The molecular formula is C14H16N4O. The van der Waals surface area contributed by atoms with Gasteiger partial charge in [0.25, 0.3) is 5.91 Å². The van der Waals surface area contributed by atoms with E-state index in [1.165, 1.54) is 6.20 Å². The standard InChI is InChI=1S/C14H16N4O/c1-8-4-5-13(10(3)17-8)18-14(19)12-6-11(15)7-16-9(12)2/h4-7H,15H2,1-3H3,(H,18,19). The molecule has 0 aliphatic rings. The number of amides is 1. The van der Waals surface area contributed by atoms with Crippen LogP contribution in [0.5, 0.6) is 0 Å². The molecule has 0 radical (unpaired) electrons. The van der Waals surface area contributed by atoms with Gasteiger partial charge in [0.05, 0.1) is 34.5 Å². The maximum absolute atomic E-state index is 12.2. The number of aryl methyl sites for hydroxylation is 3. The molecule has 0 spiro atoms. The lowest BCUT2D eigenvalue weighted by atomic mass is 10.1. The SMILES string of the molecule is Cc1ccc(NC(=O)c2cc(N)cnc2C)c(C)n1. The minimum Gasteiger partial charge on any atom is -0.397 e. The first kappa shape index (κ1) is 13.0. The molecule has 0 aliphatic heterocycles. The largest absolute Gasteiger partial charge is 0.397 e. The third kappa shape index (κ3) is 2.88. The van der Waals surface area contributed by atoms with Gasteiger partial charge in [-0.3, -0.25) is 14.8 Å². The molecule has 98 valence electrons. The Kier molecular flexibility index (Phi) is 3.46. The number of nitrogens with two attached hydrogens (primary N) is 1. The lowest BCUT2D eigenvalue weighted by Crippen LogP contribution is -2.15. The molecule has 2 rings (SSSR count). The van der Waals surface area contributed by atoms with Crippen LogP contribution < -0.4 is 11.1 Å². The molecule has 0 fully saturated rings. The van der Waals surface area contributed by atoms with E-state index in [9.17, 15) is 4.79 Å². The second kappa shape index (κ2) is 5.06. The van der Waals surface area contributed by atoms with Gasteiger partial charge in [-0.15, -0.1) is 0 Å². The second-order valence-electron chi connectivity index (χ2n) is 4.44. The Balaban J connectivity index is 2.28. The van der Waals surface area contributed by atoms with Crippen LogP contribution in [0.15, 0.2) is 24.4 Å². The Morgan fingerprint density at radius 3 is 2.63 bits per heavy atom. The lowest BCUT2D eigenvalue weighted by Gasteiger charge is -2.10. The van der Waals surface area contributed by atoms with E-state index in [4.69, 9.17) is 5.73 Å². The number of rotatable bonds is 2. The number of pyridine rings is 2. The molecule has 0 atom stereocenters. The van der Waals surface area contributed by atoms with Gasteiger partial charge in [0.1, 0.15) is 0 Å². The Hall–Kier alpha value is -2.43. The smallest absolute Gasteiger partial charge is 0.257 e. The second-order valence-corrected chi connectivity index (χ2v) is 4.44. The van der Waals surface area contributed by atoms with Gasteiger partial charge in [0.15, 0.2) is 0 Å². The molecule has 3 N–H and O–H groups in total. The predicted octanol–water partition coefficient (Wildman–Crippen LogP) is 2.24. The van der Waals surface area contributed by atoms with Crippen molar-refractivity contribution in [1.82, 2.24) is 9.97 Å². The summed E-state index contributed by atoms with van der Waals surface area (Å²) in [6.07, 6.45) is 1.53. The molecule has 0 bridgehead atoms. The van der Waals surface area contributed by atoms with E-state index >= 15 is 0 Å². The van der Waals surface area contributed by atoms with Gasteiger partial charge >= 0.3 is 0 Å². The van der Waals surface area contributed by atoms with E-state index in [2.05, 4.69) is 15.3 Å². The van der Waals surface area contributed by atoms with Gasteiger partial charge in [0.2, 0.25) is 0 Å². The molecule has 5 nitrogen and oxygen atoms in total. The summed E-state index contributed by atoms with van der Waals surface area (Å²) in [4.78, 5) is 20.6. The number of hydrogen-bond acceptors (Lipinski definition) is 4. The number of nitrogens with one attached hydrogen (secondary N) is 1. The minimum absolute atomic E-state index is 0.231. The highest BCUT2D eigenvalue weighted by atomic mass is 16.1. The van der Waals surface area contributed by atoms with Crippen molar-refractivity contribution in [3.05, 3.63) is 47.0 Å². The summed E-state index contributed by atoms with van der Waals surface area (Å²) in [6, 6.07) is 5.31. The van der Waals surface area contributed by atoms with Gasteiger partial charge in [-0.1, -0.05) is 0 Å². The van der Waals surface area contributed by atoms with E-state index in [1.807, 2.05) is 26.0 Å². The Bertz CT molecular complexity index is 637. The molecule has 5 heteroatoms. The highest BCUT2D eigenvalue weighted by molar-refractivity contribution is 6.05. The molecule has 2 heterocycles. The third-order valence-corrected chi connectivity index (χ3v) is 2.83. The zero-order chi connectivity index (χ0) is 14.0. The van der Waals surface area contributed by atoms with Crippen LogP contribution in [0.1, 0.15) is 27.4 Å². The van der Waals surface area contributed by atoms with Crippen molar-refractivity contribution in [2.45, 2.75) is 20.8 Å². The molecule has 0 saturated carbocycles. The van der Waals surface area contributed by atoms with Crippen molar-refractivity contribution >= 4 is 17.3 Å². The van der Waals surface area contributed by atoms with Gasteiger partial charge in [-0.05, 0) is 39.0 Å². The zero-order valence-electron chi connectivity index (χ0n) is 11.2. The summed E-state index contributed by atoms with van der Waals surface area (Å²) in [6.45, 7) is 5.53. The zero-order valence-corrected chi connectivity index (χ0v) is 11.2. The summed E-state index contributed by atoms with van der Waals surface area (Å²) in [5.74, 6) is -0.231. The third-order valence-electron chi connectivity index (χ3n) is 2.83. The van der Waals surface area contributed by atoms with Crippen LogP contribution in [0.2, 0.25) is 0 Å². The molecule has 0 aromatic carbocycles. The topological polar surface area (TPSA) is 80.9 Å². The van der Waals surface area contributed by atoms with Gasteiger partial charge in [-0.2, -0.15) is 0 Å². The fraction of sp³-hybridized carbons (Fsp3) is 0.214. The summed E-state index contributed by atoms with van der Waals surface area (Å²) in [7, 11) is 0. The van der Waals surface area contributed by atoms with Crippen molar-refractivity contribution in [2.24, 2.45) is 0 Å². The Labute approximate surface area is 111 Å². The molecule has 2 aromatic rings. The summed E-state index contributed by atoms with van der Waals surface area (Å²) in [5.41, 5.74) is 9.62. The summed E-state index contributed by atoms with van der Waals surface area (Å²) in [5, 5.41) is 2.82. The number of aromatic nitrogens is 2.